The Hall–Kier alpha value is -5.40. The highest BCUT2D eigenvalue weighted by molar-refractivity contribution is 6.30. The molecule has 0 aliphatic heterocycles. The van der Waals surface area contributed by atoms with Crippen LogP contribution < -0.4 is 0 Å². The molecule has 0 fully saturated rings. The minimum Gasteiger partial charge on any atom is -0.308 e. The van der Waals surface area contributed by atoms with Crippen molar-refractivity contribution in [2.75, 3.05) is 0 Å². The van der Waals surface area contributed by atoms with Crippen molar-refractivity contribution >= 4 is 70.4 Å². The van der Waals surface area contributed by atoms with Gasteiger partial charge < -0.3 is 4.40 Å². The molecule has 0 aliphatic rings. The van der Waals surface area contributed by atoms with Gasteiger partial charge in [-0.1, -0.05) is 118 Å². The molecule has 0 spiro atoms. The first-order valence-corrected chi connectivity index (χ1v) is 15.9. The van der Waals surface area contributed by atoms with Crippen molar-refractivity contribution in [2.45, 2.75) is 26.2 Å². The van der Waals surface area contributed by atoms with Gasteiger partial charge >= 0.3 is 0 Å². The van der Waals surface area contributed by atoms with Gasteiger partial charge in [-0.05, 0) is 102 Å². The van der Waals surface area contributed by atoms with Crippen LogP contribution in [0, 0.1) is 0 Å². The van der Waals surface area contributed by atoms with E-state index in [1.807, 2.05) is 0 Å². The maximum Gasteiger partial charge on any atom is 0.0620 e. The standard InChI is InChI=1S/C44H31N/c1-44(2,3)30-20-18-26(19-21-30)35-22-27-10-9-15-34-36(23-28-11-8-14-33(35)41(28)42(27)34)29-24-37-31-12-4-6-16-39(31)45-40-17-7-5-13-32(40)38(25-29)43(37)45/h4-25H,1-3H3. The van der Waals surface area contributed by atoms with E-state index in [9.17, 15) is 0 Å². The molecule has 2 aromatic heterocycles. The van der Waals surface area contributed by atoms with E-state index in [0.717, 1.165) is 0 Å². The van der Waals surface area contributed by atoms with Gasteiger partial charge in [0.25, 0.3) is 0 Å². The minimum absolute atomic E-state index is 0.132. The molecule has 0 radical (unpaired) electrons. The fraction of sp³-hybridized carbons (Fsp3) is 0.0909. The Morgan fingerprint density at radius 3 is 1.44 bits per heavy atom. The molecule has 0 saturated carbocycles. The van der Waals surface area contributed by atoms with Crippen molar-refractivity contribution in [1.29, 1.82) is 0 Å². The lowest BCUT2D eigenvalue weighted by atomic mass is 9.84. The molecule has 45 heavy (non-hydrogen) atoms. The zero-order valence-electron chi connectivity index (χ0n) is 25.6. The number of nitrogens with zero attached hydrogens (tertiary/aromatic N) is 1. The second kappa shape index (κ2) is 8.61. The Bertz CT molecular complexity index is 2690. The molecule has 212 valence electrons. The lowest BCUT2D eigenvalue weighted by molar-refractivity contribution is 0.590. The highest BCUT2D eigenvalue weighted by atomic mass is 14.9. The third-order valence-electron chi connectivity index (χ3n) is 10.2. The van der Waals surface area contributed by atoms with Gasteiger partial charge in [-0.3, -0.25) is 0 Å². The quantitative estimate of drug-likeness (QED) is 0.181. The van der Waals surface area contributed by atoms with Crippen LogP contribution >= 0.6 is 0 Å². The van der Waals surface area contributed by atoms with Gasteiger partial charge in [0.1, 0.15) is 0 Å². The molecule has 1 heteroatoms. The molecule has 0 aliphatic carbocycles. The van der Waals surface area contributed by atoms with Crippen molar-refractivity contribution in [3.05, 3.63) is 139 Å². The Kier molecular flexibility index (Phi) is 4.78. The van der Waals surface area contributed by atoms with E-state index in [1.165, 1.54) is 98.2 Å². The summed E-state index contributed by atoms with van der Waals surface area (Å²) in [5, 5.41) is 13.2. The molecule has 0 unspecified atom stereocenters. The number of fused-ring (bicyclic) bond motifs is 6. The van der Waals surface area contributed by atoms with Crippen molar-refractivity contribution < 1.29 is 0 Å². The van der Waals surface area contributed by atoms with E-state index >= 15 is 0 Å². The van der Waals surface area contributed by atoms with Crippen LogP contribution in [0.2, 0.25) is 0 Å². The molecule has 10 aromatic rings. The number of rotatable bonds is 2. The minimum atomic E-state index is 0.132. The maximum absolute atomic E-state index is 2.46. The van der Waals surface area contributed by atoms with Crippen LogP contribution in [0.1, 0.15) is 26.3 Å². The fourth-order valence-corrected chi connectivity index (χ4v) is 8.09. The van der Waals surface area contributed by atoms with E-state index in [0.29, 0.717) is 0 Å². The largest absolute Gasteiger partial charge is 0.308 e. The van der Waals surface area contributed by atoms with Crippen LogP contribution in [0.15, 0.2) is 133 Å². The maximum atomic E-state index is 2.46. The molecule has 10 rings (SSSR count). The van der Waals surface area contributed by atoms with Crippen molar-refractivity contribution in [3.8, 4) is 22.3 Å². The Labute approximate surface area is 261 Å². The predicted molar refractivity (Wildman–Crippen MR) is 194 cm³/mol. The van der Waals surface area contributed by atoms with Gasteiger partial charge in [0, 0.05) is 21.5 Å². The van der Waals surface area contributed by atoms with Crippen molar-refractivity contribution in [2.24, 2.45) is 0 Å². The first kappa shape index (κ1) is 25.0. The second-order valence-electron chi connectivity index (χ2n) is 13.8. The molecule has 0 N–H and O–H groups in total. The van der Waals surface area contributed by atoms with E-state index in [4.69, 9.17) is 0 Å². The van der Waals surface area contributed by atoms with Gasteiger partial charge in [-0.15, -0.1) is 0 Å². The summed E-state index contributed by atoms with van der Waals surface area (Å²) in [5.74, 6) is 0. The number of benzene rings is 8. The van der Waals surface area contributed by atoms with Crippen molar-refractivity contribution in [1.82, 2.24) is 4.40 Å². The summed E-state index contributed by atoms with van der Waals surface area (Å²) >= 11 is 0. The molecule has 0 amide bonds. The van der Waals surface area contributed by atoms with Crippen LogP contribution in [-0.2, 0) is 5.41 Å². The van der Waals surface area contributed by atoms with E-state index in [-0.39, 0.29) is 5.41 Å². The lowest BCUT2D eigenvalue weighted by Gasteiger charge is -2.20. The molecular formula is C44H31N. The van der Waals surface area contributed by atoms with Gasteiger partial charge in [0.2, 0.25) is 0 Å². The van der Waals surface area contributed by atoms with Crippen LogP contribution in [0.25, 0.3) is 92.7 Å². The van der Waals surface area contributed by atoms with Gasteiger partial charge in [0.05, 0.1) is 16.6 Å². The number of hydrogen-bond acceptors (Lipinski definition) is 0. The summed E-state index contributed by atoms with van der Waals surface area (Å²) in [6.07, 6.45) is 0. The average Bonchev–Trinajstić information content (AvgIpc) is 3.58. The number of hydrogen-bond donors (Lipinski definition) is 0. The van der Waals surface area contributed by atoms with Crippen LogP contribution in [-0.4, -0.2) is 4.40 Å². The normalized spacial score (nSPS) is 12.8. The molecule has 0 atom stereocenters. The summed E-state index contributed by atoms with van der Waals surface area (Å²) in [4.78, 5) is 0. The molecule has 0 saturated heterocycles. The lowest BCUT2D eigenvalue weighted by Crippen LogP contribution is -2.10. The fourth-order valence-electron chi connectivity index (χ4n) is 8.09. The summed E-state index contributed by atoms with van der Waals surface area (Å²) in [5.41, 5.74) is 10.5. The van der Waals surface area contributed by atoms with Crippen LogP contribution in [0.4, 0.5) is 0 Å². The molecule has 0 bridgehead atoms. The summed E-state index contributed by atoms with van der Waals surface area (Å²) in [6, 6.07) is 50.3. The predicted octanol–water partition coefficient (Wildman–Crippen LogP) is 12.4. The Balaban J connectivity index is 1.29. The smallest absolute Gasteiger partial charge is 0.0620 e. The first-order valence-electron chi connectivity index (χ1n) is 15.9. The first-order chi connectivity index (χ1) is 22.0. The Morgan fingerprint density at radius 2 is 0.911 bits per heavy atom. The van der Waals surface area contributed by atoms with E-state index < -0.39 is 0 Å². The van der Waals surface area contributed by atoms with Crippen LogP contribution in [0.3, 0.4) is 0 Å². The van der Waals surface area contributed by atoms with E-state index in [1.54, 1.807) is 0 Å². The van der Waals surface area contributed by atoms with E-state index in [2.05, 4.69) is 159 Å². The zero-order valence-corrected chi connectivity index (χ0v) is 25.6. The highest BCUT2D eigenvalue weighted by Gasteiger charge is 2.21. The third kappa shape index (κ3) is 3.33. The topological polar surface area (TPSA) is 4.41 Å². The SMILES string of the molecule is CC(C)(C)c1ccc(-c2cc3cccc4c(-c5cc6c7ccccc7n7c8ccccc8c(c5)c67)cc5cccc2c5c34)cc1. The highest BCUT2D eigenvalue weighted by Crippen LogP contribution is 2.47. The summed E-state index contributed by atoms with van der Waals surface area (Å²) in [7, 11) is 0. The average molecular weight is 574 g/mol. The third-order valence-corrected chi connectivity index (χ3v) is 10.2. The summed E-state index contributed by atoms with van der Waals surface area (Å²) < 4.78 is 2.46. The van der Waals surface area contributed by atoms with Gasteiger partial charge in [0.15, 0.2) is 0 Å². The zero-order chi connectivity index (χ0) is 30.0. The number of aromatic nitrogens is 1. The van der Waals surface area contributed by atoms with Crippen LogP contribution in [0.5, 0.6) is 0 Å². The Morgan fingerprint density at radius 1 is 0.422 bits per heavy atom. The van der Waals surface area contributed by atoms with Gasteiger partial charge in [-0.25, -0.2) is 0 Å². The second-order valence-corrected chi connectivity index (χ2v) is 13.8. The molecule has 8 aromatic carbocycles. The molecule has 2 heterocycles. The van der Waals surface area contributed by atoms with Crippen molar-refractivity contribution in [3.63, 3.8) is 0 Å². The molecule has 1 nitrogen and oxygen atoms in total. The van der Waals surface area contributed by atoms with Gasteiger partial charge in [-0.2, -0.15) is 0 Å². The number of para-hydroxylation sites is 2. The molecular weight excluding hydrogens is 542 g/mol. The monoisotopic (exact) mass is 573 g/mol. The summed E-state index contributed by atoms with van der Waals surface area (Å²) in [6.45, 7) is 6.83.